The topological polar surface area (TPSA) is 156 Å². The first kappa shape index (κ1) is 27.1. The number of allylic oxidation sites excluding steroid dienone is 1. The highest BCUT2D eigenvalue weighted by atomic mass is 33.1. The Kier molecular flexibility index (Phi) is 7.41. The number of nitro groups is 3. The lowest BCUT2D eigenvalue weighted by Crippen LogP contribution is -2.09. The summed E-state index contributed by atoms with van der Waals surface area (Å²) in [5.74, 6) is -0.868. The smallest absolute Gasteiger partial charge is 0.339 e. The van der Waals surface area contributed by atoms with Gasteiger partial charge in [0.1, 0.15) is 0 Å². The Labute approximate surface area is 234 Å². The van der Waals surface area contributed by atoms with Gasteiger partial charge in [-0.15, -0.1) is 0 Å². The fourth-order valence-electron chi connectivity index (χ4n) is 4.58. The molecule has 0 aromatic heterocycles. The molecule has 0 fully saturated rings. The maximum atomic E-state index is 13.2. The quantitative estimate of drug-likeness (QED) is 0.0673. The Morgan fingerprint density at radius 2 is 1.50 bits per heavy atom. The number of esters is 1. The Morgan fingerprint density at radius 3 is 2.12 bits per heavy atom. The molecule has 11 nitrogen and oxygen atoms in total. The zero-order chi connectivity index (χ0) is 28.6. The number of hydrogen-bond donors (Lipinski definition) is 0. The molecule has 1 aliphatic carbocycles. The summed E-state index contributed by atoms with van der Waals surface area (Å²) in [4.78, 5) is 48.4. The SMILES string of the molecule is CCCCOC(=O)c1cc([N+](=O)[O-])cc2c1-c1c(cc([N+](=O)[O-])cc1[N+](=O)[O-])/C2=C1/C=C(c2ccccc2)SS1. The van der Waals surface area contributed by atoms with Crippen molar-refractivity contribution in [1.82, 2.24) is 0 Å². The molecule has 0 amide bonds. The fourth-order valence-corrected chi connectivity index (χ4v) is 7.07. The summed E-state index contributed by atoms with van der Waals surface area (Å²) in [6.07, 6.45) is 3.13. The van der Waals surface area contributed by atoms with Gasteiger partial charge in [0.05, 0.1) is 38.6 Å². The normalized spacial score (nSPS) is 15.3. The highest BCUT2D eigenvalue weighted by molar-refractivity contribution is 8.82. The van der Waals surface area contributed by atoms with Gasteiger partial charge in [-0.05, 0) is 23.6 Å². The van der Waals surface area contributed by atoms with Crippen LogP contribution in [-0.4, -0.2) is 27.3 Å². The van der Waals surface area contributed by atoms with E-state index in [1.807, 2.05) is 43.3 Å². The Bertz CT molecular complexity index is 1670. The van der Waals surface area contributed by atoms with Crippen molar-refractivity contribution in [3.8, 4) is 11.1 Å². The first-order chi connectivity index (χ1) is 19.2. The molecular formula is C27H19N3O8S2. The van der Waals surface area contributed by atoms with Gasteiger partial charge in [-0.1, -0.05) is 65.3 Å². The van der Waals surface area contributed by atoms with Crippen molar-refractivity contribution >= 4 is 55.1 Å². The van der Waals surface area contributed by atoms with Crippen LogP contribution in [0.15, 0.2) is 65.6 Å². The van der Waals surface area contributed by atoms with Gasteiger partial charge in [0.25, 0.3) is 17.1 Å². The van der Waals surface area contributed by atoms with E-state index in [-0.39, 0.29) is 34.4 Å². The Morgan fingerprint density at radius 1 is 0.850 bits per heavy atom. The van der Waals surface area contributed by atoms with E-state index in [0.717, 1.165) is 29.0 Å². The van der Waals surface area contributed by atoms with E-state index < -0.39 is 37.8 Å². The number of benzene rings is 3. The molecule has 0 radical (unpaired) electrons. The molecule has 0 saturated heterocycles. The summed E-state index contributed by atoms with van der Waals surface area (Å²) >= 11 is 0. The predicted molar refractivity (Wildman–Crippen MR) is 153 cm³/mol. The fraction of sp³-hybridized carbons (Fsp3) is 0.148. The molecule has 2 aliphatic rings. The second-order valence-corrected chi connectivity index (χ2v) is 11.1. The molecule has 202 valence electrons. The molecule has 3 aromatic rings. The lowest BCUT2D eigenvalue weighted by Gasteiger charge is -2.10. The number of carbonyl (C=O) groups is 1. The molecule has 3 aromatic carbocycles. The maximum Gasteiger partial charge on any atom is 0.339 e. The molecular weight excluding hydrogens is 558 g/mol. The molecule has 0 spiro atoms. The molecule has 0 N–H and O–H groups in total. The van der Waals surface area contributed by atoms with Crippen LogP contribution in [0, 0.1) is 30.3 Å². The van der Waals surface area contributed by atoms with Crippen LogP contribution in [-0.2, 0) is 4.74 Å². The third-order valence-electron chi connectivity index (χ3n) is 6.37. The van der Waals surface area contributed by atoms with Crippen LogP contribution in [0.3, 0.4) is 0 Å². The molecule has 13 heteroatoms. The highest BCUT2D eigenvalue weighted by Gasteiger charge is 2.40. The molecule has 0 saturated carbocycles. The van der Waals surface area contributed by atoms with E-state index in [2.05, 4.69) is 0 Å². The second-order valence-electron chi connectivity index (χ2n) is 8.84. The van der Waals surface area contributed by atoms with E-state index in [0.29, 0.717) is 16.9 Å². The van der Waals surface area contributed by atoms with Crippen LogP contribution < -0.4 is 0 Å². The minimum atomic E-state index is -0.868. The number of carbonyl (C=O) groups excluding carboxylic acids is 1. The van der Waals surface area contributed by atoms with Gasteiger partial charge in [0.2, 0.25) is 0 Å². The van der Waals surface area contributed by atoms with Crippen LogP contribution in [0.2, 0.25) is 0 Å². The predicted octanol–water partition coefficient (Wildman–Crippen LogP) is 7.54. The summed E-state index contributed by atoms with van der Waals surface area (Å²) in [7, 11) is 2.74. The molecule has 40 heavy (non-hydrogen) atoms. The standard InChI is InChI=1S/C27H19N3O8S2/c1-2-3-9-38-27(31)20-12-16(28(32)33)10-18-24(23-14-22(39-40-23)15-7-5-4-6-8-15)19-11-17(29(34)35)13-21(30(36)37)26(19)25(18)20/h4-8,10-14H,2-3,9H2,1H3/b24-23-. The minimum Gasteiger partial charge on any atom is -0.462 e. The van der Waals surface area contributed by atoms with Gasteiger partial charge < -0.3 is 4.74 Å². The van der Waals surface area contributed by atoms with Gasteiger partial charge in [-0.3, -0.25) is 30.3 Å². The van der Waals surface area contributed by atoms with Crippen LogP contribution in [0.1, 0.15) is 46.8 Å². The number of nitrogens with zero attached hydrogens (tertiary/aromatic N) is 3. The van der Waals surface area contributed by atoms with E-state index in [1.165, 1.54) is 33.7 Å². The summed E-state index contributed by atoms with van der Waals surface area (Å²) in [6, 6.07) is 13.8. The van der Waals surface area contributed by atoms with Crippen molar-refractivity contribution in [2.24, 2.45) is 0 Å². The number of ether oxygens (including phenoxy) is 1. The van der Waals surface area contributed by atoms with E-state index in [9.17, 15) is 35.1 Å². The first-order valence-electron chi connectivity index (χ1n) is 12.0. The number of non-ortho nitro benzene ring substituents is 2. The van der Waals surface area contributed by atoms with Crippen LogP contribution >= 0.6 is 21.6 Å². The van der Waals surface area contributed by atoms with Crippen LogP contribution in [0.25, 0.3) is 21.6 Å². The van der Waals surface area contributed by atoms with E-state index in [1.54, 1.807) is 0 Å². The average molecular weight is 578 g/mol. The van der Waals surface area contributed by atoms with E-state index in [4.69, 9.17) is 4.74 Å². The van der Waals surface area contributed by atoms with Gasteiger partial charge in [0, 0.05) is 44.7 Å². The van der Waals surface area contributed by atoms with Crippen molar-refractivity contribution in [2.45, 2.75) is 19.8 Å². The van der Waals surface area contributed by atoms with Crippen molar-refractivity contribution < 1.29 is 24.3 Å². The zero-order valence-corrected chi connectivity index (χ0v) is 22.5. The third-order valence-corrected chi connectivity index (χ3v) is 8.82. The van der Waals surface area contributed by atoms with Gasteiger partial charge in [-0.2, -0.15) is 0 Å². The Balaban J connectivity index is 1.85. The summed E-state index contributed by atoms with van der Waals surface area (Å²) in [6.45, 7) is 1.96. The zero-order valence-electron chi connectivity index (χ0n) is 20.8. The second kappa shape index (κ2) is 10.9. The molecule has 0 bridgehead atoms. The average Bonchev–Trinajstić information content (AvgIpc) is 3.55. The lowest BCUT2D eigenvalue weighted by molar-refractivity contribution is -0.393. The number of fused-ring (bicyclic) bond motifs is 3. The highest BCUT2D eigenvalue weighted by Crippen LogP contribution is 2.59. The van der Waals surface area contributed by atoms with Crippen molar-refractivity contribution in [3.63, 3.8) is 0 Å². The summed E-state index contributed by atoms with van der Waals surface area (Å²) in [5.41, 5.74) is -0.0530. The van der Waals surface area contributed by atoms with Crippen molar-refractivity contribution in [2.75, 3.05) is 6.61 Å². The molecule has 1 aliphatic heterocycles. The third kappa shape index (κ3) is 4.84. The summed E-state index contributed by atoms with van der Waals surface area (Å²) in [5, 5.41) is 35.9. The minimum absolute atomic E-state index is 0.0161. The first-order valence-corrected chi connectivity index (χ1v) is 14.2. The number of nitro benzene ring substituents is 3. The van der Waals surface area contributed by atoms with E-state index >= 15 is 0 Å². The van der Waals surface area contributed by atoms with Gasteiger partial charge in [-0.25, -0.2) is 4.79 Å². The van der Waals surface area contributed by atoms with Crippen molar-refractivity contribution in [3.05, 3.63) is 118 Å². The maximum absolute atomic E-state index is 13.2. The largest absolute Gasteiger partial charge is 0.462 e. The number of rotatable bonds is 8. The number of hydrogen-bond acceptors (Lipinski definition) is 10. The monoisotopic (exact) mass is 577 g/mol. The number of unbranched alkanes of at least 4 members (excludes halogenated alkanes) is 1. The molecule has 0 unspecified atom stereocenters. The summed E-state index contributed by atoms with van der Waals surface area (Å²) < 4.78 is 5.36. The van der Waals surface area contributed by atoms with Gasteiger partial charge in [0.15, 0.2) is 0 Å². The lowest BCUT2D eigenvalue weighted by atomic mass is 9.97. The van der Waals surface area contributed by atoms with Crippen LogP contribution in [0.5, 0.6) is 0 Å². The van der Waals surface area contributed by atoms with Gasteiger partial charge >= 0.3 is 5.97 Å². The Hall–Kier alpha value is -4.49. The molecule has 5 rings (SSSR count). The molecule has 0 atom stereocenters. The van der Waals surface area contributed by atoms with Crippen LogP contribution in [0.4, 0.5) is 17.1 Å². The molecule has 1 heterocycles. The van der Waals surface area contributed by atoms with Crippen molar-refractivity contribution in [1.29, 1.82) is 0 Å².